The first kappa shape index (κ1) is 24.4. The molecule has 0 bridgehead atoms. The van der Waals surface area contributed by atoms with Crippen LogP contribution >= 0.6 is 0 Å². The highest BCUT2D eigenvalue weighted by Gasteiger charge is 2.23. The molecule has 2 fully saturated rings. The Bertz CT molecular complexity index is 1250. The molecular weight excluding hydrogens is 446 g/mol. The van der Waals surface area contributed by atoms with Crippen LogP contribution in [0, 0.1) is 23.7 Å². The van der Waals surface area contributed by atoms with Gasteiger partial charge in [0.2, 0.25) is 0 Å². The maximum atomic E-state index is 12.4. The van der Waals surface area contributed by atoms with Crippen LogP contribution in [0.4, 0.5) is 5.82 Å². The minimum Gasteiger partial charge on any atom is -0.367 e. The van der Waals surface area contributed by atoms with E-state index in [0.717, 1.165) is 60.1 Å². The molecule has 0 radical (unpaired) electrons. The lowest BCUT2D eigenvalue weighted by molar-refractivity contribution is 0.0951. The molecule has 2 aliphatic carbocycles. The monoisotopic (exact) mass is 483 g/mol. The number of carbonyl (C=O) groups excluding carboxylic acids is 1. The summed E-state index contributed by atoms with van der Waals surface area (Å²) in [7, 11) is 0. The number of fused-ring (bicyclic) bond motifs is 1. The van der Waals surface area contributed by atoms with Crippen molar-refractivity contribution < 1.29 is 4.79 Å². The highest BCUT2D eigenvalue weighted by Crippen LogP contribution is 2.28. The Hall–Kier alpha value is -3.33. The van der Waals surface area contributed by atoms with Crippen molar-refractivity contribution in [2.75, 3.05) is 11.9 Å². The van der Waals surface area contributed by atoms with Crippen LogP contribution in [0.2, 0.25) is 0 Å². The predicted molar refractivity (Wildman–Crippen MR) is 145 cm³/mol. The first-order valence-corrected chi connectivity index (χ1v) is 13.6. The molecule has 6 heteroatoms. The molecule has 1 amide bonds. The summed E-state index contributed by atoms with van der Waals surface area (Å²) in [6.07, 6.45) is 15.0. The molecule has 2 heterocycles. The Balaban J connectivity index is 1.39. The van der Waals surface area contributed by atoms with E-state index in [1.54, 1.807) is 0 Å². The Kier molecular flexibility index (Phi) is 7.55. The summed E-state index contributed by atoms with van der Waals surface area (Å²) in [5.41, 5.74) is 4.18. The van der Waals surface area contributed by atoms with Gasteiger partial charge < -0.3 is 10.6 Å². The second-order valence-electron chi connectivity index (χ2n) is 10.8. The highest BCUT2D eigenvalue weighted by molar-refractivity contribution is 5.95. The van der Waals surface area contributed by atoms with Crippen molar-refractivity contribution in [1.29, 1.82) is 0 Å². The second-order valence-corrected chi connectivity index (χ2v) is 10.8. The number of carbonyl (C=O) groups is 1. The molecule has 2 aliphatic rings. The van der Waals surface area contributed by atoms with Gasteiger partial charge in [0.1, 0.15) is 5.69 Å². The minimum absolute atomic E-state index is 0.00245. The van der Waals surface area contributed by atoms with Crippen LogP contribution in [0.25, 0.3) is 16.9 Å². The Morgan fingerprint density at radius 2 is 1.89 bits per heavy atom. The molecule has 1 aromatic carbocycles. The van der Waals surface area contributed by atoms with Gasteiger partial charge >= 0.3 is 0 Å². The van der Waals surface area contributed by atoms with Crippen LogP contribution in [0.3, 0.4) is 0 Å². The lowest BCUT2D eigenvalue weighted by Crippen LogP contribution is -2.25. The fourth-order valence-electron chi connectivity index (χ4n) is 4.88. The van der Waals surface area contributed by atoms with Gasteiger partial charge in [-0.05, 0) is 49.2 Å². The van der Waals surface area contributed by atoms with E-state index in [1.807, 2.05) is 36.7 Å². The number of anilines is 1. The smallest absolute Gasteiger partial charge is 0.251 e. The normalized spacial score (nSPS) is 16.1. The quantitative estimate of drug-likeness (QED) is 0.382. The average molecular weight is 484 g/mol. The lowest BCUT2D eigenvalue weighted by atomic mass is 9.86. The summed E-state index contributed by atoms with van der Waals surface area (Å²) in [4.78, 5) is 21.9. The molecule has 0 aliphatic heterocycles. The van der Waals surface area contributed by atoms with E-state index >= 15 is 0 Å². The van der Waals surface area contributed by atoms with Gasteiger partial charge in [-0.1, -0.05) is 64.0 Å². The number of benzene rings is 1. The molecule has 36 heavy (non-hydrogen) atoms. The van der Waals surface area contributed by atoms with E-state index in [9.17, 15) is 4.79 Å². The maximum Gasteiger partial charge on any atom is 0.251 e. The van der Waals surface area contributed by atoms with E-state index < -0.39 is 0 Å². The molecule has 5 rings (SSSR count). The maximum absolute atomic E-state index is 12.4. The molecule has 0 spiro atoms. The second kappa shape index (κ2) is 11.2. The SMILES string of the molecule is CC(C)CNc1nc(C#CCCC2CCCCC2)cn2c(-c3ccc(C(=O)NC4CC4)cc3)cnc12. The van der Waals surface area contributed by atoms with Gasteiger partial charge in [-0.15, -0.1) is 0 Å². The minimum atomic E-state index is -0.00245. The van der Waals surface area contributed by atoms with Crippen molar-refractivity contribution in [2.24, 2.45) is 11.8 Å². The number of aromatic nitrogens is 3. The Morgan fingerprint density at radius 1 is 1.11 bits per heavy atom. The van der Waals surface area contributed by atoms with Crippen LogP contribution in [0.1, 0.15) is 87.7 Å². The fraction of sp³-hybridized carbons (Fsp3) is 0.500. The van der Waals surface area contributed by atoms with Crippen molar-refractivity contribution >= 4 is 17.4 Å². The van der Waals surface area contributed by atoms with Gasteiger partial charge in [0.25, 0.3) is 5.91 Å². The fourth-order valence-corrected chi connectivity index (χ4v) is 4.88. The molecular formula is C30H37N5O. The molecule has 2 N–H and O–H groups in total. The molecule has 0 unspecified atom stereocenters. The molecule has 2 aromatic heterocycles. The number of hydrogen-bond donors (Lipinski definition) is 2. The lowest BCUT2D eigenvalue weighted by Gasteiger charge is -2.20. The molecule has 188 valence electrons. The van der Waals surface area contributed by atoms with Gasteiger partial charge in [0.15, 0.2) is 11.5 Å². The summed E-state index contributed by atoms with van der Waals surface area (Å²) < 4.78 is 2.07. The van der Waals surface area contributed by atoms with Crippen LogP contribution in [-0.4, -0.2) is 32.9 Å². The topological polar surface area (TPSA) is 71.3 Å². The number of nitrogens with zero attached hydrogens (tertiary/aromatic N) is 3. The van der Waals surface area contributed by atoms with Gasteiger partial charge in [-0.25, -0.2) is 9.97 Å². The zero-order chi connectivity index (χ0) is 24.9. The summed E-state index contributed by atoms with van der Waals surface area (Å²) >= 11 is 0. The molecule has 3 aromatic rings. The van der Waals surface area contributed by atoms with Crippen molar-refractivity contribution in [2.45, 2.75) is 77.7 Å². The van der Waals surface area contributed by atoms with Crippen molar-refractivity contribution in [1.82, 2.24) is 19.7 Å². The van der Waals surface area contributed by atoms with Crippen molar-refractivity contribution in [3.8, 4) is 23.1 Å². The average Bonchev–Trinajstić information content (AvgIpc) is 3.61. The standard InChI is InChI=1S/C30H37N5O/c1-21(2)18-31-28-29-32-19-27(23-12-14-24(15-13-23)30(36)34-25-16-17-25)35(29)20-26(33-28)11-7-6-10-22-8-4-3-5-9-22/h12-15,19-22,25H,3-6,8-10,16-18H2,1-2H3,(H,31,33)(H,34,36). The largest absolute Gasteiger partial charge is 0.367 e. The predicted octanol–water partition coefficient (Wildman–Crippen LogP) is 6.07. The highest BCUT2D eigenvalue weighted by atomic mass is 16.1. The summed E-state index contributed by atoms with van der Waals surface area (Å²) in [5, 5.41) is 6.52. The summed E-state index contributed by atoms with van der Waals surface area (Å²) in [6, 6.07) is 8.10. The number of hydrogen-bond acceptors (Lipinski definition) is 4. The van der Waals surface area contributed by atoms with Gasteiger partial charge in [-0.3, -0.25) is 9.20 Å². The summed E-state index contributed by atoms with van der Waals surface area (Å²) in [6.45, 7) is 5.17. The van der Waals surface area contributed by atoms with E-state index in [0.29, 0.717) is 17.5 Å². The number of amides is 1. The zero-order valence-corrected chi connectivity index (χ0v) is 21.5. The van der Waals surface area contributed by atoms with Crippen LogP contribution in [0.15, 0.2) is 36.7 Å². The Labute approximate surface area is 214 Å². The van der Waals surface area contributed by atoms with Crippen LogP contribution < -0.4 is 10.6 Å². The molecule has 0 atom stereocenters. The number of nitrogens with one attached hydrogen (secondary N) is 2. The first-order chi connectivity index (χ1) is 17.6. The third-order valence-corrected chi connectivity index (χ3v) is 7.14. The number of rotatable bonds is 8. The van der Waals surface area contributed by atoms with E-state index in [-0.39, 0.29) is 5.91 Å². The van der Waals surface area contributed by atoms with E-state index in [1.165, 1.54) is 38.5 Å². The Morgan fingerprint density at radius 3 is 2.61 bits per heavy atom. The van der Waals surface area contributed by atoms with Gasteiger partial charge in [-0.2, -0.15) is 0 Å². The van der Waals surface area contributed by atoms with Crippen LogP contribution in [-0.2, 0) is 0 Å². The molecule has 2 saturated carbocycles. The van der Waals surface area contributed by atoms with Crippen molar-refractivity contribution in [3.05, 3.63) is 47.9 Å². The molecule has 6 nitrogen and oxygen atoms in total. The third kappa shape index (κ3) is 6.07. The summed E-state index contributed by atoms with van der Waals surface area (Å²) in [5.74, 6) is 8.78. The first-order valence-electron chi connectivity index (χ1n) is 13.6. The molecule has 0 saturated heterocycles. The van der Waals surface area contributed by atoms with E-state index in [2.05, 4.69) is 45.7 Å². The van der Waals surface area contributed by atoms with Gasteiger partial charge in [0.05, 0.1) is 11.9 Å². The number of imidazole rings is 1. The third-order valence-electron chi connectivity index (χ3n) is 7.14. The van der Waals surface area contributed by atoms with Crippen molar-refractivity contribution in [3.63, 3.8) is 0 Å². The zero-order valence-electron chi connectivity index (χ0n) is 21.5. The van der Waals surface area contributed by atoms with Crippen LogP contribution in [0.5, 0.6) is 0 Å². The van der Waals surface area contributed by atoms with Gasteiger partial charge in [0, 0.05) is 36.3 Å². The van der Waals surface area contributed by atoms with E-state index in [4.69, 9.17) is 4.98 Å².